The van der Waals surface area contributed by atoms with E-state index in [1.165, 1.54) is 19.5 Å². The summed E-state index contributed by atoms with van der Waals surface area (Å²) in [4.78, 5) is 5.23. The lowest BCUT2D eigenvalue weighted by molar-refractivity contribution is -0.148. The van der Waals surface area contributed by atoms with Gasteiger partial charge in [0.2, 0.25) is 0 Å². The molecule has 5 nitrogen and oxygen atoms in total. The van der Waals surface area contributed by atoms with Crippen molar-refractivity contribution in [2.24, 2.45) is 11.3 Å². The van der Waals surface area contributed by atoms with E-state index in [9.17, 15) is 0 Å². The van der Waals surface area contributed by atoms with E-state index in [0.29, 0.717) is 17.5 Å². The largest absolute Gasteiger partial charge is 0.380 e. The molecule has 132 valence electrons. The third kappa shape index (κ3) is 2.85. The molecular weight excluding hydrogens is 292 g/mol. The average Bonchev–Trinajstić information content (AvgIpc) is 3.18. The van der Waals surface area contributed by atoms with E-state index in [1.807, 2.05) is 0 Å². The third-order valence-electron chi connectivity index (χ3n) is 6.63. The van der Waals surface area contributed by atoms with Crippen LogP contribution in [-0.4, -0.2) is 80.3 Å². The lowest BCUT2D eigenvalue weighted by atomic mass is 9.73. The smallest absolute Gasteiger partial charge is 0.182 e. The first kappa shape index (κ1) is 16.3. The van der Waals surface area contributed by atoms with Gasteiger partial charge in [0.1, 0.15) is 0 Å². The van der Waals surface area contributed by atoms with Crippen LogP contribution in [0.15, 0.2) is 0 Å². The number of rotatable bonds is 4. The molecule has 23 heavy (non-hydrogen) atoms. The van der Waals surface area contributed by atoms with Crippen LogP contribution in [0.25, 0.3) is 0 Å². The Labute approximate surface area is 140 Å². The van der Waals surface area contributed by atoms with Gasteiger partial charge in [0, 0.05) is 43.6 Å². The van der Waals surface area contributed by atoms with Crippen LogP contribution < -0.4 is 0 Å². The van der Waals surface area contributed by atoms with Crippen molar-refractivity contribution in [3.63, 3.8) is 0 Å². The first-order chi connectivity index (χ1) is 11.0. The lowest BCUT2D eigenvalue weighted by Crippen LogP contribution is -2.50. The van der Waals surface area contributed by atoms with Crippen LogP contribution >= 0.6 is 0 Å². The molecule has 5 heteroatoms. The molecule has 0 saturated carbocycles. The SMILES string of the molecule is CC(C)N1CC(CC(C)N2CCC3(C2)OCCO3)C2(COC2)C1. The molecule has 0 aromatic carbocycles. The van der Waals surface area contributed by atoms with Crippen LogP contribution in [0.2, 0.25) is 0 Å². The molecule has 4 saturated heterocycles. The van der Waals surface area contributed by atoms with Gasteiger partial charge in [-0.1, -0.05) is 0 Å². The normalized spacial score (nSPS) is 34.7. The summed E-state index contributed by atoms with van der Waals surface area (Å²) in [6, 6.07) is 1.24. The predicted octanol–water partition coefficient (Wildman–Crippen LogP) is 1.57. The Balaban J connectivity index is 1.37. The van der Waals surface area contributed by atoms with E-state index in [2.05, 4.69) is 30.6 Å². The zero-order valence-electron chi connectivity index (χ0n) is 14.9. The minimum atomic E-state index is -0.287. The van der Waals surface area contributed by atoms with Gasteiger partial charge in [0.15, 0.2) is 5.79 Å². The molecular formula is C18H32N2O3. The fourth-order valence-electron chi connectivity index (χ4n) is 4.94. The maximum Gasteiger partial charge on any atom is 0.182 e. The van der Waals surface area contributed by atoms with Crippen molar-refractivity contribution in [1.29, 1.82) is 0 Å². The Morgan fingerprint density at radius 2 is 1.78 bits per heavy atom. The average molecular weight is 324 g/mol. The Morgan fingerprint density at radius 1 is 1.04 bits per heavy atom. The van der Waals surface area contributed by atoms with Gasteiger partial charge in [0.05, 0.1) is 33.0 Å². The molecule has 2 unspecified atom stereocenters. The van der Waals surface area contributed by atoms with Crippen molar-refractivity contribution in [3.8, 4) is 0 Å². The standard InChI is InChI=1S/C18H32N2O3/c1-14(2)20-9-16(17(10-20)12-21-13-17)8-15(3)19-5-4-18(11-19)22-6-7-23-18/h14-16H,4-13H2,1-3H3. The van der Waals surface area contributed by atoms with Crippen LogP contribution in [0.3, 0.4) is 0 Å². The van der Waals surface area contributed by atoms with Gasteiger partial charge in [-0.3, -0.25) is 9.80 Å². The Kier molecular flexibility index (Phi) is 4.21. The number of hydrogen-bond donors (Lipinski definition) is 0. The van der Waals surface area contributed by atoms with E-state index in [-0.39, 0.29) is 5.79 Å². The van der Waals surface area contributed by atoms with E-state index in [0.717, 1.165) is 51.9 Å². The number of hydrogen-bond acceptors (Lipinski definition) is 5. The minimum absolute atomic E-state index is 0.287. The maximum atomic E-state index is 5.88. The molecule has 4 heterocycles. The Morgan fingerprint density at radius 3 is 2.39 bits per heavy atom. The van der Waals surface area contributed by atoms with Gasteiger partial charge in [-0.2, -0.15) is 0 Å². The molecule has 0 radical (unpaired) electrons. The van der Waals surface area contributed by atoms with Gasteiger partial charge in [-0.05, 0) is 33.1 Å². The molecule has 4 aliphatic heterocycles. The highest BCUT2D eigenvalue weighted by atomic mass is 16.7. The van der Waals surface area contributed by atoms with Crippen molar-refractivity contribution in [3.05, 3.63) is 0 Å². The Bertz CT molecular complexity index is 432. The summed E-state index contributed by atoms with van der Waals surface area (Å²) < 4.78 is 17.4. The number of nitrogens with zero attached hydrogens (tertiary/aromatic N) is 2. The molecule has 4 rings (SSSR count). The van der Waals surface area contributed by atoms with E-state index in [1.54, 1.807) is 0 Å². The van der Waals surface area contributed by atoms with Gasteiger partial charge in [-0.15, -0.1) is 0 Å². The van der Waals surface area contributed by atoms with Gasteiger partial charge >= 0.3 is 0 Å². The topological polar surface area (TPSA) is 34.2 Å². The van der Waals surface area contributed by atoms with Crippen LogP contribution in [0.1, 0.15) is 33.6 Å². The molecule has 2 atom stereocenters. The van der Waals surface area contributed by atoms with Crippen LogP contribution in [0.4, 0.5) is 0 Å². The second-order valence-corrected chi connectivity index (χ2v) is 8.49. The summed E-state index contributed by atoms with van der Waals surface area (Å²) in [6.45, 7) is 15.0. The Hall–Kier alpha value is -0.200. The van der Waals surface area contributed by atoms with Gasteiger partial charge < -0.3 is 14.2 Å². The van der Waals surface area contributed by atoms with Gasteiger partial charge in [0.25, 0.3) is 0 Å². The summed E-state index contributed by atoms with van der Waals surface area (Å²) in [5.74, 6) is 0.473. The van der Waals surface area contributed by atoms with Crippen molar-refractivity contribution in [2.45, 2.75) is 51.5 Å². The number of likely N-dealkylation sites (tertiary alicyclic amines) is 2. The first-order valence-corrected chi connectivity index (χ1v) is 9.36. The second kappa shape index (κ2) is 5.95. The van der Waals surface area contributed by atoms with Crippen LogP contribution in [-0.2, 0) is 14.2 Å². The summed E-state index contributed by atoms with van der Waals surface area (Å²) >= 11 is 0. The highest BCUT2D eigenvalue weighted by Gasteiger charge is 2.53. The first-order valence-electron chi connectivity index (χ1n) is 9.36. The predicted molar refractivity (Wildman–Crippen MR) is 88.4 cm³/mol. The summed E-state index contributed by atoms with van der Waals surface area (Å²) in [5, 5.41) is 0. The molecule has 2 spiro atoms. The molecule has 4 fully saturated rings. The van der Waals surface area contributed by atoms with E-state index in [4.69, 9.17) is 14.2 Å². The van der Waals surface area contributed by atoms with Crippen molar-refractivity contribution >= 4 is 0 Å². The zero-order chi connectivity index (χ0) is 16.1. The number of ether oxygens (including phenoxy) is 3. The molecule has 0 amide bonds. The van der Waals surface area contributed by atoms with Crippen molar-refractivity contribution in [1.82, 2.24) is 9.80 Å². The minimum Gasteiger partial charge on any atom is -0.380 e. The zero-order valence-corrected chi connectivity index (χ0v) is 14.9. The molecule has 4 aliphatic rings. The van der Waals surface area contributed by atoms with Crippen LogP contribution in [0.5, 0.6) is 0 Å². The fraction of sp³-hybridized carbons (Fsp3) is 1.00. The summed E-state index contributed by atoms with van der Waals surface area (Å²) in [7, 11) is 0. The quantitative estimate of drug-likeness (QED) is 0.784. The third-order valence-corrected chi connectivity index (χ3v) is 6.63. The molecule has 0 N–H and O–H groups in total. The summed E-state index contributed by atoms with van der Waals surface area (Å²) in [5.41, 5.74) is 0.427. The van der Waals surface area contributed by atoms with Crippen LogP contribution in [0, 0.1) is 11.3 Å². The fourth-order valence-corrected chi connectivity index (χ4v) is 4.94. The molecule has 0 aromatic rings. The van der Waals surface area contributed by atoms with Crippen molar-refractivity contribution in [2.75, 3.05) is 52.6 Å². The molecule has 0 aliphatic carbocycles. The highest BCUT2D eigenvalue weighted by Crippen LogP contribution is 2.46. The molecule has 0 bridgehead atoms. The molecule has 0 aromatic heterocycles. The second-order valence-electron chi connectivity index (χ2n) is 8.49. The highest BCUT2D eigenvalue weighted by molar-refractivity contribution is 5.03. The monoisotopic (exact) mass is 324 g/mol. The summed E-state index contributed by atoms with van der Waals surface area (Å²) in [6.07, 6.45) is 2.29. The van der Waals surface area contributed by atoms with Gasteiger partial charge in [-0.25, -0.2) is 0 Å². The van der Waals surface area contributed by atoms with E-state index >= 15 is 0 Å². The maximum absolute atomic E-state index is 5.88. The lowest BCUT2D eigenvalue weighted by Gasteiger charge is -2.44. The van der Waals surface area contributed by atoms with Crippen molar-refractivity contribution < 1.29 is 14.2 Å². The van der Waals surface area contributed by atoms with E-state index < -0.39 is 0 Å².